The van der Waals surface area contributed by atoms with Gasteiger partial charge < -0.3 is 5.32 Å². The van der Waals surface area contributed by atoms with E-state index in [1.165, 1.54) is 5.56 Å². The topological polar surface area (TPSA) is 37.8 Å². The molecule has 0 aliphatic rings. The summed E-state index contributed by atoms with van der Waals surface area (Å²) in [7, 11) is 0. The van der Waals surface area contributed by atoms with Gasteiger partial charge in [0.2, 0.25) is 0 Å². The van der Waals surface area contributed by atoms with Crippen LogP contribution in [0.25, 0.3) is 10.2 Å². The lowest BCUT2D eigenvalue weighted by Gasteiger charge is -2.09. The third kappa shape index (κ3) is 1.57. The van der Waals surface area contributed by atoms with Crippen LogP contribution in [0, 0.1) is 6.92 Å². The lowest BCUT2D eigenvalue weighted by atomic mass is 10.2. The van der Waals surface area contributed by atoms with Gasteiger partial charge >= 0.3 is 0 Å². The summed E-state index contributed by atoms with van der Waals surface area (Å²) in [5, 5.41) is 6.60. The summed E-state index contributed by atoms with van der Waals surface area (Å²) in [4.78, 5) is 9.56. The minimum Gasteiger partial charge on any atom is -0.367 e. The highest BCUT2D eigenvalue weighted by Crippen LogP contribution is 2.28. The molecular weight excluding hydrogens is 194 g/mol. The summed E-state index contributed by atoms with van der Waals surface area (Å²) >= 11 is 1.66. The number of thiophene rings is 1. The monoisotopic (exact) mass is 207 g/mol. The van der Waals surface area contributed by atoms with E-state index in [2.05, 4.69) is 41.4 Å². The van der Waals surface area contributed by atoms with Gasteiger partial charge in [0.05, 0.1) is 5.39 Å². The molecule has 2 rings (SSSR count). The maximum Gasteiger partial charge on any atom is 0.138 e. The molecule has 0 amide bonds. The van der Waals surface area contributed by atoms with Gasteiger partial charge in [0.15, 0.2) is 0 Å². The lowest BCUT2D eigenvalue weighted by molar-refractivity contribution is 0.890. The van der Waals surface area contributed by atoms with Gasteiger partial charge in [-0.15, -0.1) is 11.3 Å². The summed E-state index contributed by atoms with van der Waals surface area (Å²) < 4.78 is 0. The van der Waals surface area contributed by atoms with E-state index in [0.717, 1.165) is 16.0 Å². The molecule has 4 heteroatoms. The molecule has 3 nitrogen and oxygen atoms in total. The molecule has 74 valence electrons. The zero-order valence-electron chi connectivity index (χ0n) is 8.53. The molecule has 0 saturated carbocycles. The predicted octanol–water partition coefficient (Wildman–Crippen LogP) is 2.82. The number of fused-ring (bicyclic) bond motifs is 1. The van der Waals surface area contributed by atoms with Crippen molar-refractivity contribution in [1.82, 2.24) is 9.97 Å². The summed E-state index contributed by atoms with van der Waals surface area (Å²) in [6, 6.07) is 0.396. The number of aryl methyl sites for hydroxylation is 1. The van der Waals surface area contributed by atoms with Gasteiger partial charge in [-0.1, -0.05) is 0 Å². The zero-order valence-corrected chi connectivity index (χ0v) is 9.35. The number of aromatic nitrogens is 2. The third-order valence-corrected chi connectivity index (χ3v) is 2.98. The van der Waals surface area contributed by atoms with Crippen molar-refractivity contribution in [2.75, 3.05) is 5.32 Å². The summed E-state index contributed by atoms with van der Waals surface area (Å²) in [5.41, 5.74) is 1.24. The molecule has 1 N–H and O–H groups in total. The standard InChI is InChI=1S/C10H13N3S/c1-6(2)13-9-8-7(3)4-14-10(8)12-5-11-9/h4-6H,1-3H3,(H,11,12,13). The summed E-state index contributed by atoms with van der Waals surface area (Å²) in [6.07, 6.45) is 1.61. The molecule has 0 aliphatic heterocycles. The van der Waals surface area contributed by atoms with Crippen molar-refractivity contribution in [3.63, 3.8) is 0 Å². The smallest absolute Gasteiger partial charge is 0.138 e. The van der Waals surface area contributed by atoms with Crippen LogP contribution in [-0.2, 0) is 0 Å². The van der Waals surface area contributed by atoms with Crippen LogP contribution in [0.15, 0.2) is 11.7 Å². The number of nitrogens with zero attached hydrogens (tertiary/aromatic N) is 2. The number of rotatable bonds is 2. The Labute approximate surface area is 87.2 Å². The highest BCUT2D eigenvalue weighted by atomic mass is 32.1. The molecule has 0 aromatic carbocycles. The highest BCUT2D eigenvalue weighted by Gasteiger charge is 2.08. The number of hydrogen-bond donors (Lipinski definition) is 1. The second-order valence-corrected chi connectivity index (χ2v) is 4.48. The number of anilines is 1. The molecule has 0 spiro atoms. The van der Waals surface area contributed by atoms with Gasteiger partial charge in [0.25, 0.3) is 0 Å². The molecule has 2 aromatic heterocycles. The average molecular weight is 207 g/mol. The van der Waals surface area contributed by atoms with E-state index in [1.54, 1.807) is 17.7 Å². The zero-order chi connectivity index (χ0) is 10.1. The van der Waals surface area contributed by atoms with E-state index in [-0.39, 0.29) is 0 Å². The molecule has 0 aliphatic carbocycles. The Morgan fingerprint density at radius 1 is 1.36 bits per heavy atom. The molecule has 0 unspecified atom stereocenters. The van der Waals surface area contributed by atoms with Crippen LogP contribution in [0.3, 0.4) is 0 Å². The quantitative estimate of drug-likeness (QED) is 0.822. The predicted molar refractivity (Wildman–Crippen MR) is 60.9 cm³/mol. The van der Waals surface area contributed by atoms with Crippen LogP contribution in [-0.4, -0.2) is 16.0 Å². The lowest BCUT2D eigenvalue weighted by Crippen LogP contribution is -2.11. The molecule has 0 atom stereocenters. The first-order valence-corrected chi connectivity index (χ1v) is 5.52. The summed E-state index contributed by atoms with van der Waals surface area (Å²) in [6.45, 7) is 6.30. The van der Waals surface area contributed by atoms with E-state index >= 15 is 0 Å². The first-order chi connectivity index (χ1) is 6.68. The van der Waals surface area contributed by atoms with Crippen molar-refractivity contribution in [3.05, 3.63) is 17.3 Å². The third-order valence-electron chi connectivity index (χ3n) is 1.98. The van der Waals surface area contributed by atoms with E-state index < -0.39 is 0 Å². The molecule has 2 aromatic rings. The Morgan fingerprint density at radius 2 is 2.14 bits per heavy atom. The van der Waals surface area contributed by atoms with Crippen LogP contribution < -0.4 is 5.32 Å². The minimum atomic E-state index is 0.396. The molecule has 0 radical (unpaired) electrons. The van der Waals surface area contributed by atoms with Crippen molar-refractivity contribution in [2.24, 2.45) is 0 Å². The van der Waals surface area contributed by atoms with E-state index in [4.69, 9.17) is 0 Å². The van der Waals surface area contributed by atoms with Gasteiger partial charge in [-0.2, -0.15) is 0 Å². The van der Waals surface area contributed by atoms with Gasteiger partial charge in [-0.25, -0.2) is 9.97 Å². The van der Waals surface area contributed by atoms with Crippen LogP contribution in [0.4, 0.5) is 5.82 Å². The fraction of sp³-hybridized carbons (Fsp3) is 0.400. The minimum absolute atomic E-state index is 0.396. The number of nitrogens with one attached hydrogen (secondary N) is 1. The Morgan fingerprint density at radius 3 is 2.86 bits per heavy atom. The van der Waals surface area contributed by atoms with Crippen LogP contribution in [0.2, 0.25) is 0 Å². The SMILES string of the molecule is Cc1csc2ncnc(NC(C)C)c12. The van der Waals surface area contributed by atoms with Crippen molar-refractivity contribution >= 4 is 27.4 Å². The largest absolute Gasteiger partial charge is 0.367 e. The molecule has 0 saturated heterocycles. The number of hydrogen-bond acceptors (Lipinski definition) is 4. The molecule has 0 fully saturated rings. The highest BCUT2D eigenvalue weighted by molar-refractivity contribution is 7.17. The molecule has 0 bridgehead atoms. The van der Waals surface area contributed by atoms with Gasteiger partial charge in [-0.05, 0) is 31.7 Å². The van der Waals surface area contributed by atoms with Gasteiger partial charge in [-0.3, -0.25) is 0 Å². The van der Waals surface area contributed by atoms with Crippen molar-refractivity contribution in [2.45, 2.75) is 26.8 Å². The second kappa shape index (κ2) is 3.53. The fourth-order valence-corrected chi connectivity index (χ4v) is 2.29. The maximum absolute atomic E-state index is 4.26. The Kier molecular flexibility index (Phi) is 2.37. The second-order valence-electron chi connectivity index (χ2n) is 3.62. The Hall–Kier alpha value is -1.16. The first kappa shape index (κ1) is 9.40. The maximum atomic E-state index is 4.26. The molecular formula is C10H13N3S. The van der Waals surface area contributed by atoms with Crippen molar-refractivity contribution < 1.29 is 0 Å². The van der Waals surface area contributed by atoms with E-state index in [9.17, 15) is 0 Å². The fourth-order valence-electron chi connectivity index (χ4n) is 1.40. The van der Waals surface area contributed by atoms with E-state index in [0.29, 0.717) is 6.04 Å². The average Bonchev–Trinajstić information content (AvgIpc) is 2.48. The van der Waals surface area contributed by atoms with Crippen LogP contribution in [0.5, 0.6) is 0 Å². The first-order valence-electron chi connectivity index (χ1n) is 4.64. The Bertz CT molecular complexity index is 448. The molecule has 14 heavy (non-hydrogen) atoms. The van der Waals surface area contributed by atoms with Crippen LogP contribution in [0.1, 0.15) is 19.4 Å². The van der Waals surface area contributed by atoms with Gasteiger partial charge in [0, 0.05) is 6.04 Å². The van der Waals surface area contributed by atoms with Crippen molar-refractivity contribution in [1.29, 1.82) is 0 Å². The van der Waals surface area contributed by atoms with Gasteiger partial charge in [0.1, 0.15) is 17.0 Å². The van der Waals surface area contributed by atoms with Crippen molar-refractivity contribution in [3.8, 4) is 0 Å². The molecule has 2 heterocycles. The van der Waals surface area contributed by atoms with Crippen LogP contribution >= 0.6 is 11.3 Å². The Balaban J connectivity index is 2.57. The van der Waals surface area contributed by atoms with E-state index in [1.807, 2.05) is 0 Å². The summed E-state index contributed by atoms with van der Waals surface area (Å²) in [5.74, 6) is 0.948. The normalized spacial score (nSPS) is 11.1.